The molecule has 5 heteroatoms. The fourth-order valence-electron chi connectivity index (χ4n) is 2.13. The number of ether oxygens (including phenoxy) is 1. The number of nitrogens with zero attached hydrogens (tertiary/aromatic N) is 1. The summed E-state index contributed by atoms with van der Waals surface area (Å²) in [5.41, 5.74) is 1.60. The van der Waals surface area contributed by atoms with Crippen molar-refractivity contribution in [2.75, 3.05) is 14.2 Å². The van der Waals surface area contributed by atoms with Gasteiger partial charge in [0.2, 0.25) is 0 Å². The summed E-state index contributed by atoms with van der Waals surface area (Å²) >= 11 is 9.33. The van der Waals surface area contributed by atoms with Crippen LogP contribution in [0.2, 0.25) is 5.02 Å². The second-order valence-corrected chi connectivity index (χ2v) is 6.28. The zero-order valence-corrected chi connectivity index (χ0v) is 15.0. The Balaban J connectivity index is 2.26. The number of hydrogen-bond acceptors (Lipinski definition) is 2. The van der Waals surface area contributed by atoms with Gasteiger partial charge in [0.25, 0.3) is 5.91 Å². The predicted molar refractivity (Wildman–Crippen MR) is 92.7 cm³/mol. The van der Waals surface area contributed by atoms with Gasteiger partial charge < -0.3 is 9.64 Å². The van der Waals surface area contributed by atoms with Crippen molar-refractivity contribution in [3.8, 4) is 5.75 Å². The zero-order chi connectivity index (χ0) is 16.3. The molecule has 0 spiro atoms. The summed E-state index contributed by atoms with van der Waals surface area (Å²) in [6, 6.07) is 12.8. The van der Waals surface area contributed by atoms with E-state index in [4.69, 9.17) is 16.3 Å². The van der Waals surface area contributed by atoms with Gasteiger partial charge in [-0.15, -0.1) is 0 Å². The first-order valence-corrected chi connectivity index (χ1v) is 7.97. The molecular weight excluding hydrogens is 366 g/mol. The van der Waals surface area contributed by atoms with Crippen LogP contribution in [-0.2, 0) is 0 Å². The highest BCUT2D eigenvalue weighted by atomic mass is 79.9. The van der Waals surface area contributed by atoms with Crippen LogP contribution in [0, 0.1) is 0 Å². The van der Waals surface area contributed by atoms with Crippen LogP contribution in [0.25, 0.3) is 0 Å². The van der Waals surface area contributed by atoms with Crippen molar-refractivity contribution >= 4 is 33.4 Å². The summed E-state index contributed by atoms with van der Waals surface area (Å²) in [7, 11) is 3.37. The first kappa shape index (κ1) is 16.8. The van der Waals surface area contributed by atoms with Gasteiger partial charge in [-0.25, -0.2) is 0 Å². The topological polar surface area (TPSA) is 29.5 Å². The van der Waals surface area contributed by atoms with Crippen molar-refractivity contribution in [1.82, 2.24) is 4.90 Å². The molecule has 1 atom stereocenters. The number of benzene rings is 2. The van der Waals surface area contributed by atoms with Crippen LogP contribution in [0.5, 0.6) is 5.75 Å². The van der Waals surface area contributed by atoms with Gasteiger partial charge in [-0.05, 0) is 58.7 Å². The molecule has 0 aliphatic rings. The normalized spacial score (nSPS) is 11.9. The first-order valence-electron chi connectivity index (χ1n) is 6.80. The van der Waals surface area contributed by atoms with E-state index in [9.17, 15) is 4.79 Å². The summed E-state index contributed by atoms with van der Waals surface area (Å²) in [6.45, 7) is 1.98. The van der Waals surface area contributed by atoms with Crippen molar-refractivity contribution in [1.29, 1.82) is 0 Å². The number of carbonyl (C=O) groups is 1. The number of halogens is 2. The van der Waals surface area contributed by atoms with Gasteiger partial charge in [0, 0.05) is 16.5 Å². The largest absolute Gasteiger partial charge is 0.497 e. The van der Waals surface area contributed by atoms with E-state index in [1.165, 1.54) is 0 Å². The van der Waals surface area contributed by atoms with Gasteiger partial charge in [0.1, 0.15) is 5.75 Å². The van der Waals surface area contributed by atoms with E-state index >= 15 is 0 Å². The number of rotatable bonds is 4. The van der Waals surface area contributed by atoms with E-state index in [1.807, 2.05) is 43.3 Å². The van der Waals surface area contributed by atoms with Gasteiger partial charge in [-0.1, -0.05) is 23.7 Å². The van der Waals surface area contributed by atoms with Crippen LogP contribution in [0.15, 0.2) is 46.9 Å². The molecule has 0 saturated heterocycles. The molecule has 0 N–H and O–H groups in total. The maximum Gasteiger partial charge on any atom is 0.255 e. The minimum Gasteiger partial charge on any atom is -0.497 e. The minimum absolute atomic E-state index is 0.0668. The van der Waals surface area contributed by atoms with Crippen molar-refractivity contribution in [2.24, 2.45) is 0 Å². The molecule has 2 aromatic carbocycles. The molecule has 22 heavy (non-hydrogen) atoms. The van der Waals surface area contributed by atoms with Crippen molar-refractivity contribution in [2.45, 2.75) is 13.0 Å². The molecule has 0 radical (unpaired) electrons. The first-order chi connectivity index (χ1) is 10.4. The Labute approximate surface area is 144 Å². The molecule has 0 fully saturated rings. The molecule has 0 bridgehead atoms. The number of amides is 1. The van der Waals surface area contributed by atoms with Crippen LogP contribution in [0.1, 0.15) is 28.9 Å². The molecule has 3 nitrogen and oxygen atoms in total. The standard InChI is InChI=1S/C17H17BrClNO2/c1-11(12-4-6-13(19)7-5-12)20(2)17(21)15-10-14(22-3)8-9-16(15)18/h4-11H,1-3H3. The lowest BCUT2D eigenvalue weighted by atomic mass is 10.1. The predicted octanol–water partition coefficient (Wildman–Crippen LogP) is 4.94. The highest BCUT2D eigenvalue weighted by Crippen LogP contribution is 2.27. The average Bonchev–Trinajstić information content (AvgIpc) is 2.54. The van der Waals surface area contributed by atoms with E-state index in [-0.39, 0.29) is 11.9 Å². The molecule has 1 unspecified atom stereocenters. The molecule has 0 aliphatic carbocycles. The van der Waals surface area contributed by atoms with Crippen LogP contribution in [0.3, 0.4) is 0 Å². The fraction of sp³-hybridized carbons (Fsp3) is 0.235. The summed E-state index contributed by atoms with van der Waals surface area (Å²) < 4.78 is 5.94. The minimum atomic E-state index is -0.0757. The second kappa shape index (κ2) is 7.16. The molecular formula is C17H17BrClNO2. The Morgan fingerprint density at radius 1 is 1.23 bits per heavy atom. The van der Waals surface area contributed by atoms with E-state index in [0.717, 1.165) is 10.0 Å². The van der Waals surface area contributed by atoms with Gasteiger partial charge in [0.05, 0.1) is 18.7 Å². The summed E-state index contributed by atoms with van der Waals surface area (Å²) in [6.07, 6.45) is 0. The lowest BCUT2D eigenvalue weighted by molar-refractivity contribution is 0.0741. The lowest BCUT2D eigenvalue weighted by Crippen LogP contribution is -2.29. The maximum atomic E-state index is 12.7. The average molecular weight is 383 g/mol. The molecule has 1 amide bonds. The van der Waals surface area contributed by atoms with Crippen molar-refractivity contribution < 1.29 is 9.53 Å². The van der Waals surface area contributed by atoms with Crippen LogP contribution >= 0.6 is 27.5 Å². The Kier molecular flexibility index (Phi) is 5.48. The van der Waals surface area contributed by atoms with E-state index < -0.39 is 0 Å². The monoisotopic (exact) mass is 381 g/mol. The fourth-order valence-corrected chi connectivity index (χ4v) is 2.67. The molecule has 2 aromatic rings. The maximum absolute atomic E-state index is 12.7. The Bertz CT molecular complexity index is 673. The number of carbonyl (C=O) groups excluding carboxylic acids is 1. The van der Waals surface area contributed by atoms with E-state index in [0.29, 0.717) is 16.3 Å². The number of methoxy groups -OCH3 is 1. The summed E-state index contributed by atoms with van der Waals surface area (Å²) in [5, 5.41) is 0.681. The van der Waals surface area contributed by atoms with Crippen LogP contribution < -0.4 is 4.74 Å². The summed E-state index contributed by atoms with van der Waals surface area (Å²) in [4.78, 5) is 14.4. The number of hydrogen-bond donors (Lipinski definition) is 0. The van der Waals surface area contributed by atoms with Crippen molar-refractivity contribution in [3.63, 3.8) is 0 Å². The van der Waals surface area contributed by atoms with E-state index in [2.05, 4.69) is 15.9 Å². The van der Waals surface area contributed by atoms with Crippen LogP contribution in [-0.4, -0.2) is 25.0 Å². The molecule has 0 saturated carbocycles. The summed E-state index contributed by atoms with van der Waals surface area (Å²) in [5.74, 6) is 0.576. The molecule has 116 valence electrons. The highest BCUT2D eigenvalue weighted by Gasteiger charge is 2.21. The Morgan fingerprint density at radius 2 is 1.86 bits per heavy atom. The quantitative estimate of drug-likeness (QED) is 0.749. The van der Waals surface area contributed by atoms with Gasteiger partial charge >= 0.3 is 0 Å². The van der Waals surface area contributed by atoms with E-state index in [1.54, 1.807) is 25.1 Å². The molecule has 0 aliphatic heterocycles. The molecule has 0 heterocycles. The third-order valence-electron chi connectivity index (χ3n) is 3.66. The molecule has 0 aromatic heterocycles. The Morgan fingerprint density at radius 3 is 2.45 bits per heavy atom. The Hall–Kier alpha value is -1.52. The van der Waals surface area contributed by atoms with Crippen molar-refractivity contribution in [3.05, 3.63) is 63.1 Å². The third kappa shape index (κ3) is 3.62. The third-order valence-corrected chi connectivity index (χ3v) is 4.60. The smallest absolute Gasteiger partial charge is 0.255 e. The van der Waals surface area contributed by atoms with Gasteiger partial charge in [0.15, 0.2) is 0 Å². The second-order valence-electron chi connectivity index (χ2n) is 4.99. The zero-order valence-electron chi connectivity index (χ0n) is 12.6. The van der Waals surface area contributed by atoms with Gasteiger partial charge in [-0.2, -0.15) is 0 Å². The molecule has 2 rings (SSSR count). The van der Waals surface area contributed by atoms with Crippen LogP contribution in [0.4, 0.5) is 0 Å². The highest BCUT2D eigenvalue weighted by molar-refractivity contribution is 9.10. The SMILES string of the molecule is COc1ccc(Br)c(C(=O)N(C)C(C)c2ccc(Cl)cc2)c1. The van der Waals surface area contributed by atoms with Gasteiger partial charge in [-0.3, -0.25) is 4.79 Å². The lowest BCUT2D eigenvalue weighted by Gasteiger charge is -2.26.